The van der Waals surface area contributed by atoms with Crippen molar-refractivity contribution in [1.82, 2.24) is 9.80 Å². The molecule has 0 N–H and O–H groups in total. The minimum Gasteiger partial charge on any atom is -0.465 e. The number of carbonyl (C=O) groups excluding carboxylic acids is 2. The summed E-state index contributed by atoms with van der Waals surface area (Å²) in [6.07, 6.45) is 3.07. The van der Waals surface area contributed by atoms with Crippen molar-refractivity contribution in [3.8, 4) is 0 Å². The van der Waals surface area contributed by atoms with Gasteiger partial charge in [-0.25, -0.2) is 0 Å². The van der Waals surface area contributed by atoms with E-state index in [-0.39, 0.29) is 11.9 Å². The summed E-state index contributed by atoms with van der Waals surface area (Å²) in [7, 11) is 0. The molecule has 2 aromatic carbocycles. The number of hydrogen-bond acceptors (Lipinski definition) is 6. The van der Waals surface area contributed by atoms with Crippen LogP contribution in [-0.4, -0.2) is 74.2 Å². The Labute approximate surface area is 211 Å². The SMILES string of the molecule is CCN(CC)CCCN(CCC(=O)OCCc1ccccc1)CCC(=O)OCCc1ccccc1. The zero-order valence-corrected chi connectivity index (χ0v) is 21.5. The largest absolute Gasteiger partial charge is 0.465 e. The van der Waals surface area contributed by atoms with Crippen LogP contribution >= 0.6 is 0 Å². The minimum atomic E-state index is -0.194. The van der Waals surface area contributed by atoms with E-state index in [2.05, 4.69) is 23.6 Å². The summed E-state index contributed by atoms with van der Waals surface area (Å²) in [5, 5.41) is 0. The Kier molecular flexibility index (Phi) is 14.4. The summed E-state index contributed by atoms with van der Waals surface area (Å²) in [5.41, 5.74) is 2.31. The second-order valence-electron chi connectivity index (χ2n) is 8.63. The van der Waals surface area contributed by atoms with E-state index < -0.39 is 0 Å². The van der Waals surface area contributed by atoms with E-state index in [9.17, 15) is 9.59 Å². The minimum absolute atomic E-state index is 0.194. The third-order valence-corrected chi connectivity index (χ3v) is 6.10. The van der Waals surface area contributed by atoms with Gasteiger partial charge >= 0.3 is 11.9 Å². The van der Waals surface area contributed by atoms with Crippen molar-refractivity contribution in [2.75, 3.05) is 52.5 Å². The maximum Gasteiger partial charge on any atom is 0.307 e. The predicted molar refractivity (Wildman–Crippen MR) is 140 cm³/mol. The summed E-state index contributed by atoms with van der Waals surface area (Å²) in [4.78, 5) is 29.1. The highest BCUT2D eigenvalue weighted by Gasteiger charge is 2.13. The summed E-state index contributed by atoms with van der Waals surface area (Å²) in [5.74, 6) is -0.389. The molecular formula is C29H42N2O4. The Morgan fingerprint density at radius 2 is 1.06 bits per heavy atom. The van der Waals surface area contributed by atoms with Crippen LogP contribution in [-0.2, 0) is 31.9 Å². The van der Waals surface area contributed by atoms with Crippen molar-refractivity contribution in [3.63, 3.8) is 0 Å². The molecule has 192 valence electrons. The van der Waals surface area contributed by atoms with Crippen LogP contribution in [0.25, 0.3) is 0 Å². The lowest BCUT2D eigenvalue weighted by molar-refractivity contribution is -0.144. The highest BCUT2D eigenvalue weighted by atomic mass is 16.5. The molecule has 35 heavy (non-hydrogen) atoms. The molecular weight excluding hydrogens is 440 g/mol. The molecule has 0 saturated carbocycles. The van der Waals surface area contributed by atoms with E-state index in [1.165, 1.54) is 0 Å². The number of esters is 2. The molecule has 0 amide bonds. The third kappa shape index (κ3) is 13.1. The van der Waals surface area contributed by atoms with Gasteiger partial charge in [0.15, 0.2) is 0 Å². The number of hydrogen-bond donors (Lipinski definition) is 0. The highest BCUT2D eigenvalue weighted by molar-refractivity contribution is 5.70. The van der Waals surface area contributed by atoms with Crippen molar-refractivity contribution >= 4 is 11.9 Å². The Morgan fingerprint density at radius 1 is 0.629 bits per heavy atom. The maximum atomic E-state index is 12.3. The van der Waals surface area contributed by atoms with Crippen molar-refractivity contribution in [3.05, 3.63) is 71.8 Å². The molecule has 0 unspecified atom stereocenters. The lowest BCUT2D eigenvalue weighted by atomic mass is 10.2. The Hall–Kier alpha value is -2.70. The Morgan fingerprint density at radius 3 is 1.49 bits per heavy atom. The first-order chi connectivity index (χ1) is 17.1. The maximum absolute atomic E-state index is 12.3. The average Bonchev–Trinajstić information content (AvgIpc) is 2.89. The molecule has 0 bridgehead atoms. The summed E-state index contributed by atoms with van der Waals surface area (Å²) in [6.45, 7) is 10.2. The van der Waals surface area contributed by atoms with E-state index in [1.54, 1.807) is 0 Å². The number of nitrogens with zero attached hydrogens (tertiary/aromatic N) is 2. The van der Waals surface area contributed by atoms with E-state index in [4.69, 9.17) is 9.47 Å². The monoisotopic (exact) mass is 482 g/mol. The molecule has 0 fully saturated rings. The summed E-state index contributed by atoms with van der Waals surface area (Å²) in [6, 6.07) is 20.0. The second-order valence-corrected chi connectivity index (χ2v) is 8.63. The first-order valence-electron chi connectivity index (χ1n) is 12.9. The van der Waals surface area contributed by atoms with Crippen molar-refractivity contribution in [1.29, 1.82) is 0 Å². The van der Waals surface area contributed by atoms with Crippen molar-refractivity contribution in [2.24, 2.45) is 0 Å². The van der Waals surface area contributed by atoms with E-state index in [0.717, 1.165) is 56.6 Å². The van der Waals surface area contributed by atoms with Gasteiger partial charge in [-0.15, -0.1) is 0 Å². The van der Waals surface area contributed by atoms with Gasteiger partial charge in [-0.3, -0.25) is 9.59 Å². The van der Waals surface area contributed by atoms with Crippen LogP contribution in [0.1, 0.15) is 44.2 Å². The number of carbonyl (C=O) groups is 2. The molecule has 0 atom stereocenters. The van der Waals surface area contributed by atoms with Gasteiger partial charge < -0.3 is 19.3 Å². The van der Waals surface area contributed by atoms with Crippen LogP contribution in [0.15, 0.2) is 60.7 Å². The van der Waals surface area contributed by atoms with Gasteiger partial charge in [0.05, 0.1) is 26.1 Å². The lowest BCUT2D eigenvalue weighted by Crippen LogP contribution is -2.33. The number of ether oxygens (including phenoxy) is 2. The highest BCUT2D eigenvalue weighted by Crippen LogP contribution is 2.04. The standard InChI is InChI=1S/C29H42N2O4/c1-3-30(4-2)20-11-21-31(22-16-28(32)34-24-18-26-12-7-5-8-13-26)23-17-29(33)35-25-19-27-14-9-6-10-15-27/h5-10,12-15H,3-4,11,16-25H2,1-2H3. The Balaban J connectivity index is 1.72. The van der Waals surface area contributed by atoms with E-state index in [1.807, 2.05) is 60.7 Å². The molecule has 2 aromatic rings. The van der Waals surface area contributed by atoms with E-state index >= 15 is 0 Å². The van der Waals surface area contributed by atoms with Crippen LogP contribution in [0.5, 0.6) is 0 Å². The molecule has 6 heteroatoms. The molecule has 0 saturated heterocycles. The smallest absolute Gasteiger partial charge is 0.307 e. The van der Waals surface area contributed by atoms with Crippen LogP contribution in [0.4, 0.5) is 0 Å². The molecule has 0 spiro atoms. The fraction of sp³-hybridized carbons (Fsp3) is 0.517. The van der Waals surface area contributed by atoms with E-state index in [0.29, 0.717) is 39.1 Å². The van der Waals surface area contributed by atoms with Crippen molar-refractivity contribution in [2.45, 2.75) is 46.0 Å². The van der Waals surface area contributed by atoms with Crippen molar-refractivity contribution < 1.29 is 19.1 Å². The Bertz CT molecular complexity index is 764. The first kappa shape index (κ1) is 28.5. The molecule has 0 radical (unpaired) electrons. The normalized spacial score (nSPS) is 11.1. The van der Waals surface area contributed by atoms with Gasteiger partial charge in [-0.1, -0.05) is 74.5 Å². The zero-order chi connectivity index (χ0) is 25.1. The molecule has 0 aromatic heterocycles. The summed E-state index contributed by atoms with van der Waals surface area (Å²) < 4.78 is 10.9. The molecule has 6 nitrogen and oxygen atoms in total. The lowest BCUT2D eigenvalue weighted by Gasteiger charge is -2.24. The molecule has 0 aliphatic carbocycles. The fourth-order valence-corrected chi connectivity index (χ4v) is 3.89. The van der Waals surface area contributed by atoms with Crippen LogP contribution in [0, 0.1) is 0 Å². The molecule has 0 heterocycles. The van der Waals surface area contributed by atoms with Crippen LogP contribution < -0.4 is 0 Å². The predicted octanol–water partition coefficient (Wildman–Crippen LogP) is 4.37. The van der Waals surface area contributed by atoms with Gasteiger partial charge in [-0.2, -0.15) is 0 Å². The van der Waals surface area contributed by atoms with Crippen LogP contribution in [0.2, 0.25) is 0 Å². The summed E-state index contributed by atoms with van der Waals surface area (Å²) >= 11 is 0. The average molecular weight is 483 g/mol. The fourth-order valence-electron chi connectivity index (χ4n) is 3.89. The van der Waals surface area contributed by atoms with Gasteiger partial charge in [0, 0.05) is 25.9 Å². The van der Waals surface area contributed by atoms with Gasteiger partial charge in [0.2, 0.25) is 0 Å². The van der Waals surface area contributed by atoms with Gasteiger partial charge in [0.1, 0.15) is 0 Å². The molecule has 0 aliphatic heterocycles. The first-order valence-corrected chi connectivity index (χ1v) is 12.9. The van der Waals surface area contributed by atoms with Gasteiger partial charge in [0.25, 0.3) is 0 Å². The zero-order valence-electron chi connectivity index (χ0n) is 21.5. The number of rotatable bonds is 18. The topological polar surface area (TPSA) is 59.1 Å². The quantitative estimate of drug-likeness (QED) is 0.294. The molecule has 0 aliphatic rings. The van der Waals surface area contributed by atoms with Crippen LogP contribution in [0.3, 0.4) is 0 Å². The number of benzene rings is 2. The van der Waals surface area contributed by atoms with Gasteiger partial charge in [-0.05, 0) is 43.7 Å². The third-order valence-electron chi connectivity index (χ3n) is 6.10. The second kappa shape index (κ2) is 17.7. The molecule has 2 rings (SSSR count).